The largest absolute Gasteiger partial charge is 0.357 e. The summed E-state index contributed by atoms with van der Waals surface area (Å²) in [5, 5.41) is 2.90. The van der Waals surface area contributed by atoms with E-state index in [0.717, 1.165) is 22.4 Å². The number of hydrogen-bond donors (Lipinski definition) is 1. The molecule has 2 aromatic rings. The molecule has 17 heavy (non-hydrogen) atoms. The van der Waals surface area contributed by atoms with E-state index in [1.807, 2.05) is 13.8 Å². The highest BCUT2D eigenvalue weighted by Crippen LogP contribution is 2.25. The minimum atomic E-state index is -0.230. The van der Waals surface area contributed by atoms with E-state index in [-0.39, 0.29) is 5.82 Å². The van der Waals surface area contributed by atoms with Crippen LogP contribution < -0.4 is 5.32 Å². The number of hydrogen-bond acceptors (Lipinski definition) is 3. The molecule has 0 saturated heterocycles. The molecule has 0 saturated carbocycles. The van der Waals surface area contributed by atoms with E-state index < -0.39 is 0 Å². The van der Waals surface area contributed by atoms with Crippen LogP contribution in [0.25, 0.3) is 11.3 Å². The smallest absolute Gasteiger partial charge is 0.222 e. The Kier molecular flexibility index (Phi) is 3.04. The van der Waals surface area contributed by atoms with Gasteiger partial charge in [0.15, 0.2) is 0 Å². The highest BCUT2D eigenvalue weighted by atomic mass is 19.1. The average molecular weight is 231 g/mol. The van der Waals surface area contributed by atoms with Crippen molar-refractivity contribution in [2.45, 2.75) is 13.8 Å². The Labute approximate surface area is 99.7 Å². The highest BCUT2D eigenvalue weighted by molar-refractivity contribution is 5.67. The molecule has 1 aromatic carbocycles. The molecule has 2 rings (SSSR count). The first-order valence-electron chi connectivity index (χ1n) is 5.39. The molecule has 1 heterocycles. The Balaban J connectivity index is 2.59. The maximum Gasteiger partial charge on any atom is 0.222 e. The molecule has 0 aliphatic carbocycles. The molecule has 0 spiro atoms. The van der Waals surface area contributed by atoms with E-state index in [1.54, 1.807) is 19.3 Å². The van der Waals surface area contributed by atoms with Crippen molar-refractivity contribution in [3.8, 4) is 11.3 Å². The summed E-state index contributed by atoms with van der Waals surface area (Å²) < 4.78 is 13.1. The van der Waals surface area contributed by atoms with Crippen LogP contribution in [-0.2, 0) is 0 Å². The van der Waals surface area contributed by atoms with Gasteiger partial charge in [-0.3, -0.25) is 0 Å². The fourth-order valence-electron chi connectivity index (χ4n) is 1.73. The van der Waals surface area contributed by atoms with Gasteiger partial charge < -0.3 is 5.32 Å². The summed E-state index contributed by atoms with van der Waals surface area (Å²) in [6, 6.07) is 4.71. The van der Waals surface area contributed by atoms with Gasteiger partial charge >= 0.3 is 0 Å². The SMILES string of the molecule is CNc1ncc(C)c(-c2ccc(F)cc2C)n1. The molecule has 1 N–H and O–H groups in total. The zero-order chi connectivity index (χ0) is 12.4. The number of benzene rings is 1. The lowest BCUT2D eigenvalue weighted by Gasteiger charge is -2.09. The first-order valence-corrected chi connectivity index (χ1v) is 5.39. The first-order chi connectivity index (χ1) is 8.11. The first kappa shape index (κ1) is 11.5. The fourth-order valence-corrected chi connectivity index (χ4v) is 1.73. The summed E-state index contributed by atoms with van der Waals surface area (Å²) in [5.74, 6) is 0.334. The molecule has 0 amide bonds. The Bertz CT molecular complexity index is 552. The lowest BCUT2D eigenvalue weighted by Crippen LogP contribution is -2.00. The monoisotopic (exact) mass is 231 g/mol. The van der Waals surface area contributed by atoms with E-state index in [4.69, 9.17) is 0 Å². The minimum Gasteiger partial charge on any atom is -0.357 e. The van der Waals surface area contributed by atoms with Gasteiger partial charge in [0.1, 0.15) is 5.82 Å². The number of rotatable bonds is 2. The van der Waals surface area contributed by atoms with Crippen LogP contribution in [0.15, 0.2) is 24.4 Å². The summed E-state index contributed by atoms with van der Waals surface area (Å²) >= 11 is 0. The van der Waals surface area contributed by atoms with Gasteiger partial charge in [-0.15, -0.1) is 0 Å². The molecular weight excluding hydrogens is 217 g/mol. The molecular formula is C13H14FN3. The number of nitrogens with one attached hydrogen (secondary N) is 1. The second-order valence-corrected chi connectivity index (χ2v) is 3.93. The van der Waals surface area contributed by atoms with Gasteiger partial charge in [-0.2, -0.15) is 0 Å². The summed E-state index contributed by atoms with van der Waals surface area (Å²) in [6.07, 6.45) is 1.76. The van der Waals surface area contributed by atoms with E-state index in [0.29, 0.717) is 5.95 Å². The third-order valence-corrected chi connectivity index (χ3v) is 2.64. The van der Waals surface area contributed by atoms with Gasteiger partial charge in [0.25, 0.3) is 0 Å². The predicted octanol–water partition coefficient (Wildman–Crippen LogP) is 2.94. The van der Waals surface area contributed by atoms with Crippen LogP contribution in [0.1, 0.15) is 11.1 Å². The zero-order valence-corrected chi connectivity index (χ0v) is 10.1. The number of nitrogens with zero attached hydrogens (tertiary/aromatic N) is 2. The summed E-state index contributed by atoms with van der Waals surface area (Å²) in [6.45, 7) is 3.82. The Hall–Kier alpha value is -1.97. The summed E-state index contributed by atoms with van der Waals surface area (Å²) in [5.41, 5.74) is 3.61. The number of aryl methyl sites for hydroxylation is 2. The maximum absolute atomic E-state index is 13.1. The average Bonchev–Trinajstić information content (AvgIpc) is 2.30. The van der Waals surface area contributed by atoms with Gasteiger partial charge in [0.05, 0.1) is 5.69 Å². The molecule has 88 valence electrons. The van der Waals surface area contributed by atoms with Gasteiger partial charge in [-0.05, 0) is 43.2 Å². The Morgan fingerprint density at radius 2 is 1.94 bits per heavy atom. The van der Waals surface area contributed by atoms with E-state index >= 15 is 0 Å². The molecule has 4 heteroatoms. The third kappa shape index (κ3) is 2.25. The molecule has 3 nitrogen and oxygen atoms in total. The quantitative estimate of drug-likeness (QED) is 0.863. The molecule has 0 aliphatic rings. The van der Waals surface area contributed by atoms with Crippen molar-refractivity contribution in [1.82, 2.24) is 9.97 Å². The van der Waals surface area contributed by atoms with Crippen molar-refractivity contribution < 1.29 is 4.39 Å². The molecule has 0 fully saturated rings. The van der Waals surface area contributed by atoms with Crippen molar-refractivity contribution in [3.63, 3.8) is 0 Å². The van der Waals surface area contributed by atoms with Gasteiger partial charge in [0, 0.05) is 18.8 Å². The zero-order valence-electron chi connectivity index (χ0n) is 10.1. The van der Waals surface area contributed by atoms with Crippen molar-refractivity contribution in [2.24, 2.45) is 0 Å². The number of anilines is 1. The maximum atomic E-state index is 13.1. The lowest BCUT2D eigenvalue weighted by atomic mass is 10.0. The lowest BCUT2D eigenvalue weighted by molar-refractivity contribution is 0.627. The van der Waals surface area contributed by atoms with Crippen LogP contribution in [0, 0.1) is 19.7 Å². The molecule has 0 bridgehead atoms. The Morgan fingerprint density at radius 1 is 1.18 bits per heavy atom. The topological polar surface area (TPSA) is 37.8 Å². The van der Waals surface area contributed by atoms with E-state index in [2.05, 4.69) is 15.3 Å². The predicted molar refractivity (Wildman–Crippen MR) is 66.4 cm³/mol. The van der Waals surface area contributed by atoms with Crippen molar-refractivity contribution >= 4 is 5.95 Å². The van der Waals surface area contributed by atoms with Gasteiger partial charge in [-0.1, -0.05) is 0 Å². The van der Waals surface area contributed by atoms with Crippen molar-refractivity contribution in [1.29, 1.82) is 0 Å². The second-order valence-electron chi connectivity index (χ2n) is 3.93. The molecule has 0 atom stereocenters. The minimum absolute atomic E-state index is 0.230. The highest BCUT2D eigenvalue weighted by Gasteiger charge is 2.09. The number of aromatic nitrogens is 2. The van der Waals surface area contributed by atoms with Crippen LogP contribution in [0.3, 0.4) is 0 Å². The normalized spacial score (nSPS) is 10.4. The molecule has 0 radical (unpaired) electrons. The standard InChI is InChI=1S/C13H14FN3/c1-8-6-10(14)4-5-11(8)12-9(2)7-16-13(15-3)17-12/h4-7H,1-3H3,(H,15,16,17). The van der Waals surface area contributed by atoms with Crippen LogP contribution in [0.5, 0.6) is 0 Å². The van der Waals surface area contributed by atoms with Crippen LogP contribution >= 0.6 is 0 Å². The van der Waals surface area contributed by atoms with E-state index in [9.17, 15) is 4.39 Å². The van der Waals surface area contributed by atoms with Crippen molar-refractivity contribution in [3.05, 3.63) is 41.3 Å². The molecule has 1 aromatic heterocycles. The summed E-state index contributed by atoms with van der Waals surface area (Å²) in [4.78, 5) is 8.54. The van der Waals surface area contributed by atoms with Crippen LogP contribution in [0.2, 0.25) is 0 Å². The molecule has 0 unspecified atom stereocenters. The Morgan fingerprint density at radius 3 is 2.59 bits per heavy atom. The van der Waals surface area contributed by atoms with Crippen LogP contribution in [-0.4, -0.2) is 17.0 Å². The van der Waals surface area contributed by atoms with Gasteiger partial charge in [-0.25, -0.2) is 14.4 Å². The molecule has 0 aliphatic heterocycles. The fraction of sp³-hybridized carbons (Fsp3) is 0.231. The van der Waals surface area contributed by atoms with Crippen LogP contribution in [0.4, 0.5) is 10.3 Å². The third-order valence-electron chi connectivity index (χ3n) is 2.64. The number of halogens is 1. The van der Waals surface area contributed by atoms with E-state index in [1.165, 1.54) is 12.1 Å². The second kappa shape index (κ2) is 4.49. The van der Waals surface area contributed by atoms with Gasteiger partial charge in [0.2, 0.25) is 5.95 Å². The summed E-state index contributed by atoms with van der Waals surface area (Å²) in [7, 11) is 1.77. The van der Waals surface area contributed by atoms with Crippen molar-refractivity contribution in [2.75, 3.05) is 12.4 Å².